The van der Waals surface area contributed by atoms with Crippen LogP contribution in [0, 0.1) is 23.7 Å². The predicted molar refractivity (Wildman–Crippen MR) is 223 cm³/mol. The van der Waals surface area contributed by atoms with E-state index in [2.05, 4.69) is 31.0 Å². The SMILES string of the molecule is CCCCC(O)C(O)C=CC1=C(CC(O)CO)C(CCCC(CCC(=O)O)CCC(C)C)NC(C(C)(O)Cc2ccc(O)cc2)CC#Cc2ccccc2CC1. The van der Waals surface area contributed by atoms with Crippen LogP contribution in [0.25, 0.3) is 0 Å². The van der Waals surface area contributed by atoms with Gasteiger partial charge < -0.3 is 41.1 Å². The lowest BCUT2D eigenvalue weighted by molar-refractivity contribution is -0.137. The van der Waals surface area contributed by atoms with Crippen LogP contribution in [-0.4, -0.2) is 84.3 Å². The van der Waals surface area contributed by atoms with Crippen molar-refractivity contribution in [2.24, 2.45) is 11.8 Å². The normalized spacial score (nSPS) is 19.9. The average Bonchev–Trinajstić information content (AvgIpc) is 3.16. The minimum Gasteiger partial charge on any atom is -0.508 e. The van der Waals surface area contributed by atoms with Gasteiger partial charge in [0.1, 0.15) is 5.75 Å². The molecule has 0 aliphatic carbocycles. The van der Waals surface area contributed by atoms with E-state index in [4.69, 9.17) is 0 Å². The van der Waals surface area contributed by atoms with Gasteiger partial charge in [0.15, 0.2) is 0 Å². The highest BCUT2D eigenvalue weighted by Crippen LogP contribution is 2.31. The Morgan fingerprint density at radius 2 is 1.71 bits per heavy atom. The third kappa shape index (κ3) is 16.5. The fourth-order valence-corrected chi connectivity index (χ4v) is 7.62. The van der Waals surface area contributed by atoms with Crippen molar-refractivity contribution in [3.8, 4) is 17.6 Å². The number of hydrogen-bond donors (Lipinski definition) is 8. The van der Waals surface area contributed by atoms with Crippen molar-refractivity contribution in [2.75, 3.05) is 6.61 Å². The molecule has 0 amide bonds. The van der Waals surface area contributed by atoms with Crippen LogP contribution in [0.4, 0.5) is 0 Å². The van der Waals surface area contributed by atoms with Crippen LogP contribution >= 0.6 is 0 Å². The molecule has 1 heterocycles. The Hall–Kier alpha value is -3.49. The molecule has 0 saturated carbocycles. The van der Waals surface area contributed by atoms with E-state index in [-0.39, 0.29) is 30.9 Å². The maximum Gasteiger partial charge on any atom is 0.303 e. The lowest BCUT2D eigenvalue weighted by Crippen LogP contribution is -2.54. The van der Waals surface area contributed by atoms with E-state index in [0.717, 1.165) is 66.4 Å². The van der Waals surface area contributed by atoms with Gasteiger partial charge in [-0.25, -0.2) is 0 Å². The molecule has 9 heteroatoms. The first-order valence-electron chi connectivity index (χ1n) is 20.8. The highest BCUT2D eigenvalue weighted by atomic mass is 16.4. The molecule has 56 heavy (non-hydrogen) atoms. The summed E-state index contributed by atoms with van der Waals surface area (Å²) in [7, 11) is 0. The second kappa shape index (κ2) is 24.3. The number of benzene rings is 2. The number of phenols is 1. The van der Waals surface area contributed by atoms with Gasteiger partial charge in [0, 0.05) is 36.9 Å². The molecule has 9 nitrogen and oxygen atoms in total. The zero-order valence-corrected chi connectivity index (χ0v) is 34.2. The quantitative estimate of drug-likeness (QED) is 0.0587. The van der Waals surface area contributed by atoms with Crippen molar-refractivity contribution in [2.45, 2.75) is 160 Å². The molecule has 0 spiro atoms. The van der Waals surface area contributed by atoms with Gasteiger partial charge in [-0.1, -0.05) is 114 Å². The maximum absolute atomic E-state index is 12.3. The largest absolute Gasteiger partial charge is 0.508 e. The molecule has 310 valence electrons. The van der Waals surface area contributed by atoms with Crippen LogP contribution in [0.2, 0.25) is 0 Å². The molecule has 7 unspecified atom stereocenters. The van der Waals surface area contributed by atoms with Crippen LogP contribution in [0.1, 0.15) is 128 Å². The third-order valence-electron chi connectivity index (χ3n) is 11.1. The van der Waals surface area contributed by atoms with Gasteiger partial charge in [0.2, 0.25) is 0 Å². The van der Waals surface area contributed by atoms with Crippen molar-refractivity contribution < 1.29 is 40.5 Å². The Morgan fingerprint density at radius 1 is 0.982 bits per heavy atom. The van der Waals surface area contributed by atoms with E-state index in [9.17, 15) is 40.5 Å². The zero-order chi connectivity index (χ0) is 41.1. The maximum atomic E-state index is 12.3. The van der Waals surface area contributed by atoms with Gasteiger partial charge in [-0.15, -0.1) is 0 Å². The van der Waals surface area contributed by atoms with E-state index < -0.39 is 48.6 Å². The number of aromatic hydroxyl groups is 1. The molecule has 0 radical (unpaired) electrons. The number of carboxylic acid groups (broad SMARTS) is 1. The van der Waals surface area contributed by atoms with Crippen LogP contribution in [0.5, 0.6) is 5.75 Å². The molecular weight excluding hydrogens is 707 g/mol. The number of aliphatic hydroxyl groups is 5. The standard InChI is InChI=1S/C47H69NO8/c1-5-6-16-43(52)44(53)28-25-38-24-23-37-13-8-7-12-36(37)14-10-17-45(47(4,56)31-35-20-26-39(50)27-21-35)48-42(41(38)30-40(51)32-49)15-9-11-34(19-18-33(2)3)22-29-46(54)55/h7-8,12-13,20-21,25-28,33-34,40,42-45,48-53,56H,5-6,9,11,15-19,22-24,29-32H2,1-4H3,(H,54,55). The van der Waals surface area contributed by atoms with Crippen molar-refractivity contribution in [3.05, 3.63) is 88.5 Å². The number of allylic oxidation sites excluding steroid dienone is 2. The van der Waals surface area contributed by atoms with Crippen LogP contribution < -0.4 is 5.32 Å². The number of unbranched alkanes of at least 4 members (excludes halogenated alkanes) is 1. The third-order valence-corrected chi connectivity index (χ3v) is 11.1. The molecule has 3 rings (SSSR count). The summed E-state index contributed by atoms with van der Waals surface area (Å²) in [6.45, 7) is 7.71. The summed E-state index contributed by atoms with van der Waals surface area (Å²) in [6.07, 6.45) is 9.19. The lowest BCUT2D eigenvalue weighted by atomic mass is 9.82. The molecule has 2 aromatic carbocycles. The average molecular weight is 776 g/mol. The van der Waals surface area contributed by atoms with Crippen LogP contribution in [-0.2, 0) is 17.6 Å². The zero-order valence-electron chi connectivity index (χ0n) is 34.2. The molecule has 0 saturated heterocycles. The molecule has 0 fully saturated rings. The topological polar surface area (TPSA) is 171 Å². The van der Waals surface area contributed by atoms with Crippen LogP contribution in [0.15, 0.2) is 71.8 Å². The molecule has 7 atom stereocenters. The molecule has 1 aliphatic rings. The lowest BCUT2D eigenvalue weighted by Gasteiger charge is -2.38. The number of hydrogen-bond acceptors (Lipinski definition) is 8. The number of rotatable bonds is 22. The first-order chi connectivity index (χ1) is 26.7. The summed E-state index contributed by atoms with van der Waals surface area (Å²) >= 11 is 0. The highest BCUT2D eigenvalue weighted by molar-refractivity contribution is 5.66. The number of phenolic OH excluding ortho intramolecular Hbond substituents is 1. The number of aryl methyl sites for hydroxylation is 1. The van der Waals surface area contributed by atoms with E-state index in [1.165, 1.54) is 0 Å². The second-order valence-electron chi connectivity index (χ2n) is 16.5. The molecule has 0 bridgehead atoms. The number of carboxylic acids is 1. The highest BCUT2D eigenvalue weighted by Gasteiger charge is 2.35. The van der Waals surface area contributed by atoms with Gasteiger partial charge in [-0.2, -0.15) is 0 Å². The first-order valence-corrected chi connectivity index (χ1v) is 20.8. The minimum atomic E-state index is -1.31. The fraction of sp³-hybridized carbons (Fsp3) is 0.596. The summed E-state index contributed by atoms with van der Waals surface area (Å²) in [5.74, 6) is 6.78. The second-order valence-corrected chi connectivity index (χ2v) is 16.5. The minimum absolute atomic E-state index is 0.113. The Bertz CT molecular complexity index is 1590. The smallest absolute Gasteiger partial charge is 0.303 e. The van der Waals surface area contributed by atoms with E-state index in [1.807, 2.05) is 37.3 Å². The van der Waals surface area contributed by atoms with Crippen LogP contribution in [0.3, 0.4) is 0 Å². The number of aliphatic carboxylic acids is 1. The Labute approximate surface area is 335 Å². The van der Waals surface area contributed by atoms with Gasteiger partial charge in [-0.3, -0.25) is 4.79 Å². The van der Waals surface area contributed by atoms with Crippen molar-refractivity contribution in [1.82, 2.24) is 5.32 Å². The van der Waals surface area contributed by atoms with Crippen molar-refractivity contribution >= 4 is 5.97 Å². The Balaban J connectivity index is 2.18. The fourth-order valence-electron chi connectivity index (χ4n) is 7.62. The van der Waals surface area contributed by atoms with Gasteiger partial charge in [-0.05, 0) is 97.8 Å². The summed E-state index contributed by atoms with van der Waals surface area (Å²) in [6, 6.07) is 13.8. The van der Waals surface area contributed by atoms with E-state index >= 15 is 0 Å². The van der Waals surface area contributed by atoms with Crippen molar-refractivity contribution in [3.63, 3.8) is 0 Å². The molecule has 2 aromatic rings. The molecule has 8 N–H and O–H groups in total. The number of carbonyl (C=O) groups is 1. The number of aliphatic hydroxyl groups excluding tert-OH is 4. The monoisotopic (exact) mass is 776 g/mol. The number of nitrogens with one attached hydrogen (secondary N) is 1. The van der Waals surface area contributed by atoms with Crippen molar-refractivity contribution in [1.29, 1.82) is 0 Å². The summed E-state index contributed by atoms with van der Waals surface area (Å²) in [5.41, 5.74) is 3.15. The Morgan fingerprint density at radius 3 is 2.39 bits per heavy atom. The summed E-state index contributed by atoms with van der Waals surface area (Å²) in [5, 5.41) is 78.6. The molecule has 1 aliphatic heterocycles. The predicted octanol–water partition coefficient (Wildman–Crippen LogP) is 7.00. The van der Waals surface area contributed by atoms with Gasteiger partial charge in [0.25, 0.3) is 0 Å². The van der Waals surface area contributed by atoms with E-state index in [1.54, 1.807) is 37.3 Å². The van der Waals surface area contributed by atoms with Gasteiger partial charge in [0.05, 0.1) is 30.5 Å². The summed E-state index contributed by atoms with van der Waals surface area (Å²) in [4.78, 5) is 11.6. The summed E-state index contributed by atoms with van der Waals surface area (Å²) < 4.78 is 0. The van der Waals surface area contributed by atoms with Gasteiger partial charge >= 0.3 is 5.97 Å². The number of fused-ring (bicyclic) bond motifs is 1. The first kappa shape index (κ1) is 46.9. The molecule has 0 aromatic heterocycles. The Kier molecular flexibility index (Phi) is 20.4. The van der Waals surface area contributed by atoms with E-state index in [0.29, 0.717) is 44.4 Å². The molecular formula is C47H69NO8.